The van der Waals surface area contributed by atoms with Crippen molar-refractivity contribution < 1.29 is 19.4 Å². The summed E-state index contributed by atoms with van der Waals surface area (Å²) in [6.45, 7) is 6.83. The Morgan fingerprint density at radius 3 is 2.32 bits per heavy atom. The van der Waals surface area contributed by atoms with Crippen LogP contribution in [0.3, 0.4) is 0 Å². The minimum atomic E-state index is -0.927. The van der Waals surface area contributed by atoms with Gasteiger partial charge < -0.3 is 14.7 Å². The number of anilines is 1. The van der Waals surface area contributed by atoms with Gasteiger partial charge in [-0.3, -0.25) is 4.79 Å². The highest BCUT2D eigenvalue weighted by molar-refractivity contribution is 7.15. The number of thiophene rings is 1. The van der Waals surface area contributed by atoms with Crippen molar-refractivity contribution in [3.05, 3.63) is 21.9 Å². The van der Waals surface area contributed by atoms with Crippen LogP contribution < -0.4 is 4.90 Å². The van der Waals surface area contributed by atoms with Crippen LogP contribution in [0.1, 0.15) is 106 Å². The van der Waals surface area contributed by atoms with Gasteiger partial charge in [-0.1, -0.05) is 26.8 Å². The van der Waals surface area contributed by atoms with Gasteiger partial charge in [0.05, 0.1) is 11.8 Å². The summed E-state index contributed by atoms with van der Waals surface area (Å²) < 4.78 is 5.57. The van der Waals surface area contributed by atoms with Gasteiger partial charge in [0.2, 0.25) is 5.91 Å². The molecule has 1 aromatic rings. The summed E-state index contributed by atoms with van der Waals surface area (Å²) in [6, 6.07) is 2.06. The topological polar surface area (TPSA) is 66.8 Å². The first-order valence-electron chi connectivity index (χ1n) is 13.1. The SMILES string of the molecule is CO[C@H]1CC[C@H](N(c2cc(C3=CCC(C)(C)CC3)sc2C(=O)O)C(=O)[C@H]2CC[C@H](C)CC2)CC1. The average Bonchev–Trinajstić information content (AvgIpc) is 3.25. The van der Waals surface area contributed by atoms with Crippen molar-refractivity contribution in [2.24, 2.45) is 17.3 Å². The molecule has 6 heteroatoms. The third-order valence-electron chi connectivity index (χ3n) is 8.40. The lowest BCUT2D eigenvalue weighted by Gasteiger charge is -2.39. The molecule has 2 fully saturated rings. The number of allylic oxidation sites excluding steroid dienone is 2. The number of carboxylic acid groups (broad SMARTS) is 1. The van der Waals surface area contributed by atoms with Crippen molar-refractivity contribution in [3.8, 4) is 0 Å². The normalized spacial score (nSPS) is 29.4. The number of rotatable bonds is 6. The van der Waals surface area contributed by atoms with E-state index >= 15 is 0 Å². The van der Waals surface area contributed by atoms with Gasteiger partial charge in [-0.05, 0) is 93.6 Å². The number of carbonyl (C=O) groups excluding carboxylic acids is 1. The second kappa shape index (κ2) is 10.5. The van der Waals surface area contributed by atoms with Gasteiger partial charge in [0.15, 0.2) is 0 Å². The Balaban J connectivity index is 1.68. The molecule has 1 aromatic heterocycles. The molecule has 2 saturated carbocycles. The van der Waals surface area contributed by atoms with Crippen molar-refractivity contribution in [1.29, 1.82) is 0 Å². The molecule has 0 saturated heterocycles. The Hall–Kier alpha value is -1.66. The highest BCUT2D eigenvalue weighted by atomic mass is 32.1. The Morgan fingerprint density at radius 2 is 1.76 bits per heavy atom. The minimum absolute atomic E-state index is 0.00367. The molecule has 0 spiro atoms. The molecule has 0 unspecified atom stereocenters. The number of hydrogen-bond donors (Lipinski definition) is 1. The predicted octanol–water partition coefficient (Wildman–Crippen LogP) is 7.16. The van der Waals surface area contributed by atoms with Crippen LogP contribution in [0.25, 0.3) is 5.57 Å². The summed E-state index contributed by atoms with van der Waals surface area (Å²) >= 11 is 1.35. The molecular weight excluding hydrogens is 446 g/mol. The monoisotopic (exact) mass is 487 g/mol. The fourth-order valence-corrected chi connectivity index (χ4v) is 6.97. The molecular formula is C28H41NO4S. The third kappa shape index (κ3) is 5.59. The van der Waals surface area contributed by atoms with E-state index in [0.29, 0.717) is 21.9 Å². The molecule has 0 atom stereocenters. The predicted molar refractivity (Wildman–Crippen MR) is 139 cm³/mol. The number of methoxy groups -OCH3 is 1. The molecule has 5 nitrogen and oxygen atoms in total. The minimum Gasteiger partial charge on any atom is -0.477 e. The fraction of sp³-hybridized carbons (Fsp3) is 0.714. The lowest BCUT2D eigenvalue weighted by molar-refractivity contribution is -0.124. The Bertz CT molecular complexity index is 917. The number of nitrogens with zero attached hydrogens (tertiary/aromatic N) is 1. The summed E-state index contributed by atoms with van der Waals surface area (Å²) in [5.41, 5.74) is 2.15. The summed E-state index contributed by atoms with van der Waals surface area (Å²) in [6.07, 6.45) is 13.1. The second-order valence-corrected chi connectivity index (χ2v) is 12.6. The summed E-state index contributed by atoms with van der Waals surface area (Å²) in [5, 5.41) is 10.1. The van der Waals surface area contributed by atoms with Crippen molar-refractivity contribution >= 4 is 34.5 Å². The van der Waals surface area contributed by atoms with E-state index in [1.807, 2.05) is 11.0 Å². The van der Waals surface area contributed by atoms with E-state index in [1.165, 1.54) is 16.9 Å². The molecule has 1 N–H and O–H groups in total. The third-order valence-corrected chi connectivity index (χ3v) is 9.59. The first-order valence-corrected chi connectivity index (χ1v) is 13.9. The van der Waals surface area contributed by atoms with E-state index in [9.17, 15) is 14.7 Å². The van der Waals surface area contributed by atoms with E-state index in [4.69, 9.17) is 4.74 Å². The van der Waals surface area contributed by atoms with Gasteiger partial charge in [0.25, 0.3) is 0 Å². The van der Waals surface area contributed by atoms with Gasteiger partial charge in [0, 0.05) is 23.9 Å². The lowest BCUT2D eigenvalue weighted by atomic mass is 9.78. The zero-order valence-electron chi connectivity index (χ0n) is 21.3. The molecule has 0 aromatic carbocycles. The quantitative estimate of drug-likeness (QED) is 0.462. The van der Waals surface area contributed by atoms with Crippen molar-refractivity contribution in [1.82, 2.24) is 0 Å². The van der Waals surface area contributed by atoms with Crippen LogP contribution in [-0.4, -0.2) is 36.2 Å². The van der Waals surface area contributed by atoms with Gasteiger partial charge in [-0.15, -0.1) is 11.3 Å². The van der Waals surface area contributed by atoms with Crippen LogP contribution in [0.15, 0.2) is 12.1 Å². The van der Waals surface area contributed by atoms with E-state index in [1.54, 1.807) is 7.11 Å². The molecule has 3 aliphatic rings. The lowest BCUT2D eigenvalue weighted by Crippen LogP contribution is -2.47. The average molecular weight is 488 g/mol. The number of aromatic carboxylic acids is 1. The van der Waals surface area contributed by atoms with Crippen molar-refractivity contribution in [2.45, 2.75) is 104 Å². The maximum atomic E-state index is 14.0. The molecule has 0 bridgehead atoms. The van der Waals surface area contributed by atoms with Gasteiger partial charge in [-0.2, -0.15) is 0 Å². The van der Waals surface area contributed by atoms with E-state index in [0.717, 1.165) is 75.5 Å². The summed E-state index contributed by atoms with van der Waals surface area (Å²) in [4.78, 5) is 29.6. The maximum Gasteiger partial charge on any atom is 0.348 e. The van der Waals surface area contributed by atoms with Gasteiger partial charge in [-0.25, -0.2) is 4.79 Å². The Kier molecular flexibility index (Phi) is 7.88. The standard InChI is InChI=1S/C28H41NO4S/c1-18-5-7-20(8-6-18)26(30)29(21-9-11-22(33-4)12-10-21)23-17-24(34-25(23)27(31)32)19-13-15-28(2,3)16-14-19/h13,17-18,20-22H,5-12,14-16H2,1-4H3,(H,31,32)/t18-,20-,21-,22-. The smallest absolute Gasteiger partial charge is 0.348 e. The number of carbonyl (C=O) groups is 2. The van der Waals surface area contributed by atoms with Crippen LogP contribution in [-0.2, 0) is 9.53 Å². The molecule has 4 rings (SSSR count). The highest BCUT2D eigenvalue weighted by Crippen LogP contribution is 2.44. The number of carboxylic acids is 1. The molecule has 0 radical (unpaired) electrons. The Morgan fingerprint density at radius 1 is 1.09 bits per heavy atom. The molecule has 188 valence electrons. The van der Waals surface area contributed by atoms with Crippen LogP contribution >= 0.6 is 11.3 Å². The molecule has 3 aliphatic carbocycles. The van der Waals surface area contributed by atoms with Gasteiger partial charge in [0.1, 0.15) is 4.88 Å². The zero-order chi connectivity index (χ0) is 24.5. The van der Waals surface area contributed by atoms with Gasteiger partial charge >= 0.3 is 5.97 Å². The van der Waals surface area contributed by atoms with Crippen LogP contribution in [0.4, 0.5) is 5.69 Å². The second-order valence-electron chi connectivity index (χ2n) is 11.6. The zero-order valence-corrected chi connectivity index (χ0v) is 22.1. The van der Waals surface area contributed by atoms with Crippen molar-refractivity contribution in [3.63, 3.8) is 0 Å². The largest absolute Gasteiger partial charge is 0.477 e. The highest BCUT2D eigenvalue weighted by Gasteiger charge is 2.38. The summed E-state index contributed by atoms with van der Waals surface area (Å²) in [7, 11) is 1.75. The molecule has 0 aliphatic heterocycles. The number of hydrogen-bond acceptors (Lipinski definition) is 4. The van der Waals surface area contributed by atoms with E-state index in [-0.39, 0.29) is 24.0 Å². The maximum absolute atomic E-state index is 14.0. The molecule has 1 heterocycles. The van der Waals surface area contributed by atoms with Crippen LogP contribution in [0.2, 0.25) is 0 Å². The van der Waals surface area contributed by atoms with Crippen molar-refractivity contribution in [2.75, 3.05) is 12.0 Å². The number of ether oxygens (including phenoxy) is 1. The van der Waals surface area contributed by atoms with E-state index < -0.39 is 5.97 Å². The van der Waals surface area contributed by atoms with Crippen LogP contribution in [0, 0.1) is 17.3 Å². The summed E-state index contributed by atoms with van der Waals surface area (Å²) in [5.74, 6) is -0.127. The fourth-order valence-electron chi connectivity index (χ4n) is 5.91. The van der Waals surface area contributed by atoms with E-state index in [2.05, 4.69) is 26.8 Å². The molecule has 34 heavy (non-hydrogen) atoms. The first-order chi connectivity index (χ1) is 16.2. The first kappa shape index (κ1) is 25.4. The molecule has 1 amide bonds. The van der Waals surface area contributed by atoms with Crippen LogP contribution in [0.5, 0.6) is 0 Å². The Labute approximate surface area is 208 Å². The number of amides is 1.